The van der Waals surface area contributed by atoms with Gasteiger partial charge in [-0.1, -0.05) is 0 Å². The maximum Gasteiger partial charge on any atom is 0.251 e. The first-order valence-electron chi connectivity index (χ1n) is 12.1. The first-order valence-corrected chi connectivity index (χ1v) is 12.1. The fraction of sp³-hybridized carbons (Fsp3) is 0.692. The Balaban J connectivity index is 1.62. The molecule has 2 aliphatic rings. The second-order valence-electron chi connectivity index (χ2n) is 12.6. The van der Waals surface area contributed by atoms with Crippen LogP contribution < -0.4 is 10.6 Å². The molecule has 0 radical (unpaired) electrons. The zero-order chi connectivity index (χ0) is 25.7. The molecule has 0 bridgehead atoms. The summed E-state index contributed by atoms with van der Waals surface area (Å²) in [4.78, 5) is 25.7. The third-order valence-electron chi connectivity index (χ3n) is 7.36. The lowest BCUT2D eigenvalue weighted by Gasteiger charge is -2.51. The van der Waals surface area contributed by atoms with Crippen molar-refractivity contribution in [2.45, 2.75) is 115 Å². The van der Waals surface area contributed by atoms with Gasteiger partial charge in [0, 0.05) is 45.4 Å². The summed E-state index contributed by atoms with van der Waals surface area (Å²) in [6, 6.07) is 6.57. The number of hydroxylamine groups is 4. The van der Waals surface area contributed by atoms with E-state index in [-0.39, 0.29) is 23.9 Å². The molecule has 2 heterocycles. The number of rotatable bonds is 4. The van der Waals surface area contributed by atoms with Gasteiger partial charge in [-0.25, -0.2) is 0 Å². The molecule has 2 fully saturated rings. The number of piperidine rings is 2. The summed E-state index contributed by atoms with van der Waals surface area (Å²) in [7, 11) is 0. The van der Waals surface area contributed by atoms with Crippen LogP contribution in [0, 0.1) is 0 Å². The Morgan fingerprint density at radius 1 is 0.647 bits per heavy atom. The summed E-state index contributed by atoms with van der Waals surface area (Å²) in [6.45, 7) is 15.7. The highest BCUT2D eigenvalue weighted by Gasteiger charge is 2.46. The molecule has 1 aromatic carbocycles. The van der Waals surface area contributed by atoms with Crippen LogP contribution in [0.2, 0.25) is 0 Å². The summed E-state index contributed by atoms with van der Waals surface area (Å²) in [5, 5.41) is 29.9. The highest BCUT2D eigenvalue weighted by atomic mass is 16.5. The van der Waals surface area contributed by atoms with E-state index in [0.717, 1.165) is 0 Å². The number of amides is 2. The first kappa shape index (κ1) is 26.6. The maximum absolute atomic E-state index is 12.9. The van der Waals surface area contributed by atoms with E-state index >= 15 is 0 Å². The van der Waals surface area contributed by atoms with Crippen molar-refractivity contribution in [3.8, 4) is 0 Å². The second kappa shape index (κ2) is 8.90. The lowest BCUT2D eigenvalue weighted by atomic mass is 9.79. The molecule has 8 nitrogen and oxygen atoms in total. The van der Waals surface area contributed by atoms with Gasteiger partial charge in [-0.05, 0) is 105 Å². The van der Waals surface area contributed by atoms with Gasteiger partial charge in [-0.15, -0.1) is 0 Å². The minimum absolute atomic E-state index is 0.0621. The van der Waals surface area contributed by atoms with Crippen LogP contribution in [0.1, 0.15) is 102 Å². The summed E-state index contributed by atoms with van der Waals surface area (Å²) in [5.74, 6) is -0.373. The van der Waals surface area contributed by atoms with Crippen LogP contribution in [0.4, 0.5) is 0 Å². The predicted octanol–water partition coefficient (Wildman–Crippen LogP) is 3.97. The van der Waals surface area contributed by atoms with E-state index in [9.17, 15) is 20.0 Å². The largest absolute Gasteiger partial charge is 0.349 e. The fourth-order valence-corrected chi connectivity index (χ4v) is 6.06. The summed E-state index contributed by atoms with van der Waals surface area (Å²) < 4.78 is 0. The molecule has 2 aliphatic heterocycles. The molecule has 1 aromatic rings. The van der Waals surface area contributed by atoms with E-state index in [0.29, 0.717) is 36.8 Å². The predicted molar refractivity (Wildman–Crippen MR) is 131 cm³/mol. The van der Waals surface area contributed by atoms with Gasteiger partial charge < -0.3 is 21.0 Å². The van der Waals surface area contributed by atoms with Crippen LogP contribution in [-0.4, -0.2) is 66.6 Å². The van der Waals surface area contributed by atoms with Gasteiger partial charge in [0.1, 0.15) is 0 Å². The molecule has 0 unspecified atom stereocenters. The van der Waals surface area contributed by atoms with Crippen LogP contribution in [0.25, 0.3) is 0 Å². The number of hydrogen-bond donors (Lipinski definition) is 4. The molecule has 8 heteroatoms. The van der Waals surface area contributed by atoms with Gasteiger partial charge >= 0.3 is 0 Å². The maximum atomic E-state index is 12.9. The van der Waals surface area contributed by atoms with Crippen molar-refractivity contribution in [1.82, 2.24) is 20.8 Å². The van der Waals surface area contributed by atoms with E-state index in [1.54, 1.807) is 24.3 Å². The van der Waals surface area contributed by atoms with Gasteiger partial charge in [0.2, 0.25) is 0 Å². The molecular formula is C26H42N4O4. The molecule has 4 N–H and O–H groups in total. The molecule has 0 spiro atoms. The Morgan fingerprint density at radius 3 is 1.12 bits per heavy atom. The third-order valence-corrected chi connectivity index (χ3v) is 7.36. The van der Waals surface area contributed by atoms with Crippen molar-refractivity contribution < 1.29 is 20.0 Å². The lowest BCUT2D eigenvalue weighted by Crippen LogP contribution is -2.63. The van der Waals surface area contributed by atoms with Gasteiger partial charge in [0.25, 0.3) is 11.8 Å². The van der Waals surface area contributed by atoms with E-state index in [1.165, 1.54) is 10.1 Å². The number of nitrogens with zero attached hydrogens (tertiary/aromatic N) is 2. The SMILES string of the molecule is CC1(C)CC(NC(=O)c2ccc(C(=O)NC3CC(C)(C)N(O)C(C)(C)C3)cc2)CC(C)(C)N1O. The van der Waals surface area contributed by atoms with Crippen LogP contribution in [0.15, 0.2) is 24.3 Å². The smallest absolute Gasteiger partial charge is 0.251 e. The molecule has 0 aliphatic carbocycles. The Kier molecular flexibility index (Phi) is 6.96. The highest BCUT2D eigenvalue weighted by Crippen LogP contribution is 2.37. The van der Waals surface area contributed by atoms with E-state index in [1.807, 2.05) is 55.4 Å². The summed E-state index contributed by atoms with van der Waals surface area (Å²) in [6.07, 6.45) is 2.55. The minimum Gasteiger partial charge on any atom is -0.349 e. The molecular weight excluding hydrogens is 432 g/mol. The lowest BCUT2D eigenvalue weighted by molar-refractivity contribution is -0.245. The molecule has 34 heavy (non-hydrogen) atoms. The minimum atomic E-state index is -0.447. The number of carbonyl (C=O) groups is 2. The Bertz CT molecular complexity index is 812. The van der Waals surface area contributed by atoms with Crippen molar-refractivity contribution in [3.05, 3.63) is 35.4 Å². The number of benzene rings is 1. The number of hydrogen-bond acceptors (Lipinski definition) is 6. The molecule has 2 amide bonds. The van der Waals surface area contributed by atoms with Gasteiger partial charge in [-0.2, -0.15) is 10.1 Å². The Hall–Kier alpha value is -2.00. The van der Waals surface area contributed by atoms with Crippen molar-refractivity contribution >= 4 is 11.8 Å². The molecule has 0 aromatic heterocycles. The molecule has 190 valence electrons. The van der Waals surface area contributed by atoms with Crippen molar-refractivity contribution in [3.63, 3.8) is 0 Å². The zero-order valence-electron chi connectivity index (χ0n) is 21.9. The first-order chi connectivity index (χ1) is 15.4. The van der Waals surface area contributed by atoms with Crippen LogP contribution in [-0.2, 0) is 0 Å². The van der Waals surface area contributed by atoms with Crippen LogP contribution >= 0.6 is 0 Å². The summed E-state index contributed by atoms with van der Waals surface area (Å²) >= 11 is 0. The van der Waals surface area contributed by atoms with E-state index in [4.69, 9.17) is 0 Å². The molecule has 0 atom stereocenters. The topological polar surface area (TPSA) is 105 Å². The van der Waals surface area contributed by atoms with Crippen molar-refractivity contribution in [2.75, 3.05) is 0 Å². The van der Waals surface area contributed by atoms with Gasteiger partial charge in [0.15, 0.2) is 0 Å². The number of carbonyl (C=O) groups excluding carboxylic acids is 2. The second-order valence-corrected chi connectivity index (χ2v) is 12.6. The monoisotopic (exact) mass is 474 g/mol. The normalized spacial score (nSPS) is 25.0. The van der Waals surface area contributed by atoms with Gasteiger partial charge in [0.05, 0.1) is 0 Å². The fourth-order valence-electron chi connectivity index (χ4n) is 6.06. The van der Waals surface area contributed by atoms with Crippen LogP contribution in [0.5, 0.6) is 0 Å². The standard InChI is InChI=1S/C26H42N4O4/c1-23(2)13-19(14-24(3,4)29(23)33)27-21(31)17-9-11-18(12-10-17)22(32)28-20-15-25(5,6)30(34)26(7,8)16-20/h9-12,19-20,33-34H,13-16H2,1-8H3,(H,27,31)(H,28,32). The van der Waals surface area contributed by atoms with Crippen molar-refractivity contribution in [1.29, 1.82) is 0 Å². The van der Waals surface area contributed by atoms with Crippen molar-refractivity contribution in [2.24, 2.45) is 0 Å². The van der Waals surface area contributed by atoms with Crippen LogP contribution in [0.3, 0.4) is 0 Å². The average molecular weight is 475 g/mol. The summed E-state index contributed by atoms with van der Waals surface area (Å²) in [5.41, 5.74) is -0.800. The molecule has 3 rings (SSSR count). The zero-order valence-corrected chi connectivity index (χ0v) is 21.9. The van der Waals surface area contributed by atoms with E-state index < -0.39 is 22.2 Å². The molecule has 0 saturated carbocycles. The molecule has 2 saturated heterocycles. The number of nitrogens with one attached hydrogen (secondary N) is 2. The Morgan fingerprint density at radius 2 is 0.882 bits per heavy atom. The van der Waals surface area contributed by atoms with Gasteiger partial charge in [-0.3, -0.25) is 9.59 Å². The Labute approximate surface area is 203 Å². The third kappa shape index (κ3) is 5.46. The quantitative estimate of drug-likeness (QED) is 0.526. The average Bonchev–Trinajstić information content (AvgIpc) is 2.69. The van der Waals surface area contributed by atoms with E-state index in [2.05, 4.69) is 10.6 Å². The highest BCUT2D eigenvalue weighted by molar-refractivity contribution is 5.98.